The molecule has 1 unspecified atom stereocenters. The maximum Gasteiger partial charge on any atom is 0.222 e. The van der Waals surface area contributed by atoms with E-state index in [0.29, 0.717) is 13.2 Å². The van der Waals surface area contributed by atoms with E-state index >= 15 is 0 Å². The van der Waals surface area contributed by atoms with Gasteiger partial charge in [0.25, 0.3) is 0 Å². The van der Waals surface area contributed by atoms with E-state index in [0.717, 1.165) is 30.4 Å². The summed E-state index contributed by atoms with van der Waals surface area (Å²) in [7, 11) is 0. The van der Waals surface area contributed by atoms with E-state index in [1.165, 1.54) is 5.56 Å². The molecule has 2 heterocycles. The van der Waals surface area contributed by atoms with Gasteiger partial charge in [-0.15, -0.1) is 0 Å². The predicted octanol–water partition coefficient (Wildman–Crippen LogP) is 2.21. The van der Waals surface area contributed by atoms with Crippen molar-refractivity contribution >= 4 is 23.3 Å². The zero-order chi connectivity index (χ0) is 18.6. The van der Waals surface area contributed by atoms with E-state index in [4.69, 9.17) is 10.5 Å². The maximum absolute atomic E-state index is 6.08. The summed E-state index contributed by atoms with van der Waals surface area (Å²) < 4.78 is 5.50. The number of morpholine rings is 1. The summed E-state index contributed by atoms with van der Waals surface area (Å²) in [6, 6.07) is 18.3. The molecule has 2 aromatic rings. The lowest BCUT2D eigenvalue weighted by Gasteiger charge is -2.41. The van der Waals surface area contributed by atoms with Crippen LogP contribution in [0.5, 0.6) is 0 Å². The van der Waals surface area contributed by atoms with Crippen LogP contribution in [0.3, 0.4) is 0 Å². The number of hydrogen-bond donors (Lipinski definition) is 2. The van der Waals surface area contributed by atoms with Crippen molar-refractivity contribution < 1.29 is 4.74 Å². The number of hydrogen-bond acceptors (Lipinski definition) is 7. The first-order valence-electron chi connectivity index (χ1n) is 9.13. The van der Waals surface area contributed by atoms with Gasteiger partial charge in [0.15, 0.2) is 0 Å². The standard InChI is InChI=1S/C20H24N6O/c1-15-7-9-17(10-8-15)26-19(22-16-5-3-2-4-6-16)23-18(21)24-20(26)25-11-13-27-14-12-25/h2-10,19,22H,11-14H2,1H3,(H2,21,23). The molecule has 1 saturated heterocycles. The fourth-order valence-electron chi connectivity index (χ4n) is 3.21. The second kappa shape index (κ2) is 7.67. The number of aryl methyl sites for hydroxylation is 1. The smallest absolute Gasteiger partial charge is 0.222 e. The summed E-state index contributed by atoms with van der Waals surface area (Å²) in [5, 5.41) is 3.46. The van der Waals surface area contributed by atoms with Crippen molar-refractivity contribution in [1.82, 2.24) is 4.90 Å². The maximum atomic E-state index is 6.08. The average Bonchev–Trinajstić information content (AvgIpc) is 2.70. The molecule has 4 rings (SSSR count). The minimum absolute atomic E-state index is 0.272. The van der Waals surface area contributed by atoms with Gasteiger partial charge >= 0.3 is 0 Å². The Kier molecular flexibility index (Phi) is 4.93. The van der Waals surface area contributed by atoms with Crippen molar-refractivity contribution in [3.63, 3.8) is 0 Å². The van der Waals surface area contributed by atoms with Crippen LogP contribution in [0.4, 0.5) is 11.4 Å². The Labute approximate surface area is 159 Å². The highest BCUT2D eigenvalue weighted by molar-refractivity contribution is 6.06. The van der Waals surface area contributed by atoms with Crippen LogP contribution in [0.1, 0.15) is 5.56 Å². The second-order valence-electron chi connectivity index (χ2n) is 6.59. The van der Waals surface area contributed by atoms with Crippen molar-refractivity contribution in [2.75, 3.05) is 36.5 Å². The van der Waals surface area contributed by atoms with Crippen LogP contribution in [0, 0.1) is 6.92 Å². The van der Waals surface area contributed by atoms with Gasteiger partial charge in [-0.3, -0.25) is 4.90 Å². The molecule has 0 amide bonds. The number of aliphatic imine (C=N–C) groups is 2. The quantitative estimate of drug-likeness (QED) is 0.873. The molecule has 7 heteroatoms. The Hall–Kier alpha value is -3.06. The lowest BCUT2D eigenvalue weighted by atomic mass is 10.2. The molecule has 2 aromatic carbocycles. The summed E-state index contributed by atoms with van der Waals surface area (Å²) in [6.07, 6.45) is -0.384. The fraction of sp³-hybridized carbons (Fsp3) is 0.300. The SMILES string of the molecule is Cc1ccc(N2C(N3CCOCC3)=NC(N)=NC2Nc2ccccc2)cc1. The van der Waals surface area contributed by atoms with Gasteiger partial charge in [-0.2, -0.15) is 4.99 Å². The molecule has 2 aliphatic heterocycles. The number of nitrogens with one attached hydrogen (secondary N) is 1. The first-order chi connectivity index (χ1) is 13.2. The summed E-state index contributed by atoms with van der Waals surface area (Å²) in [5.41, 5.74) is 9.26. The van der Waals surface area contributed by atoms with Gasteiger partial charge in [0.2, 0.25) is 18.2 Å². The lowest BCUT2D eigenvalue weighted by Crippen LogP contribution is -2.57. The Balaban J connectivity index is 1.71. The summed E-state index contributed by atoms with van der Waals surface area (Å²) in [5.74, 6) is 1.07. The largest absolute Gasteiger partial charge is 0.378 e. The molecular weight excluding hydrogens is 340 g/mol. The van der Waals surface area contributed by atoms with Gasteiger partial charge in [0.05, 0.1) is 13.2 Å². The van der Waals surface area contributed by atoms with Crippen LogP contribution in [-0.2, 0) is 4.74 Å². The third-order valence-electron chi connectivity index (χ3n) is 4.60. The number of nitrogens with zero attached hydrogens (tertiary/aromatic N) is 4. The topological polar surface area (TPSA) is 78.5 Å². The average molecular weight is 364 g/mol. The van der Waals surface area contributed by atoms with Crippen molar-refractivity contribution in [3.05, 3.63) is 60.2 Å². The van der Waals surface area contributed by atoms with Crippen LogP contribution in [-0.4, -0.2) is 49.4 Å². The summed E-state index contributed by atoms with van der Waals surface area (Å²) in [4.78, 5) is 13.4. The van der Waals surface area contributed by atoms with Crippen LogP contribution in [0.25, 0.3) is 0 Å². The van der Waals surface area contributed by atoms with Crippen molar-refractivity contribution in [2.24, 2.45) is 15.7 Å². The molecule has 0 saturated carbocycles. The van der Waals surface area contributed by atoms with E-state index in [-0.39, 0.29) is 12.2 Å². The number of ether oxygens (including phenoxy) is 1. The molecule has 0 bridgehead atoms. The molecule has 27 heavy (non-hydrogen) atoms. The Bertz CT molecular complexity index is 827. The Morgan fingerprint density at radius 3 is 2.44 bits per heavy atom. The minimum Gasteiger partial charge on any atom is -0.378 e. The zero-order valence-corrected chi connectivity index (χ0v) is 15.4. The summed E-state index contributed by atoms with van der Waals surface area (Å²) in [6.45, 7) is 4.97. The van der Waals surface area contributed by atoms with Gasteiger partial charge in [0.1, 0.15) is 0 Å². The van der Waals surface area contributed by atoms with E-state index in [1.807, 2.05) is 30.3 Å². The monoisotopic (exact) mass is 364 g/mol. The van der Waals surface area contributed by atoms with E-state index in [9.17, 15) is 0 Å². The van der Waals surface area contributed by atoms with Crippen molar-refractivity contribution in [2.45, 2.75) is 13.2 Å². The summed E-state index contributed by atoms with van der Waals surface area (Å²) >= 11 is 0. The van der Waals surface area contributed by atoms with Crippen LogP contribution in [0.15, 0.2) is 64.6 Å². The van der Waals surface area contributed by atoms with Gasteiger partial charge in [0, 0.05) is 24.5 Å². The molecule has 2 aliphatic rings. The molecule has 0 spiro atoms. The number of nitrogens with two attached hydrogens (primary N) is 1. The van der Waals surface area contributed by atoms with Crippen molar-refractivity contribution in [1.29, 1.82) is 0 Å². The van der Waals surface area contributed by atoms with Gasteiger partial charge in [-0.05, 0) is 31.2 Å². The Morgan fingerprint density at radius 1 is 1.04 bits per heavy atom. The molecule has 3 N–H and O–H groups in total. The third kappa shape index (κ3) is 3.88. The second-order valence-corrected chi connectivity index (χ2v) is 6.59. The normalized spacial score (nSPS) is 20.1. The number of para-hydroxylation sites is 1. The molecule has 140 valence electrons. The highest BCUT2D eigenvalue weighted by Crippen LogP contribution is 2.24. The number of benzene rings is 2. The lowest BCUT2D eigenvalue weighted by molar-refractivity contribution is 0.0671. The molecule has 0 radical (unpaired) electrons. The van der Waals surface area contributed by atoms with E-state index < -0.39 is 0 Å². The van der Waals surface area contributed by atoms with Crippen LogP contribution < -0.4 is 16.0 Å². The van der Waals surface area contributed by atoms with E-state index in [2.05, 4.69) is 56.3 Å². The highest BCUT2D eigenvalue weighted by Gasteiger charge is 2.31. The third-order valence-corrected chi connectivity index (χ3v) is 4.60. The van der Waals surface area contributed by atoms with Crippen LogP contribution >= 0.6 is 0 Å². The molecule has 1 atom stereocenters. The molecule has 0 aliphatic carbocycles. The predicted molar refractivity (Wildman–Crippen MR) is 109 cm³/mol. The number of rotatable bonds is 3. The van der Waals surface area contributed by atoms with Gasteiger partial charge < -0.3 is 20.7 Å². The first kappa shape index (κ1) is 17.4. The fourth-order valence-corrected chi connectivity index (χ4v) is 3.21. The van der Waals surface area contributed by atoms with Crippen LogP contribution in [0.2, 0.25) is 0 Å². The minimum atomic E-state index is -0.384. The van der Waals surface area contributed by atoms with E-state index in [1.54, 1.807) is 0 Å². The van der Waals surface area contributed by atoms with Gasteiger partial charge in [-0.25, -0.2) is 4.99 Å². The number of anilines is 2. The zero-order valence-electron chi connectivity index (χ0n) is 15.4. The molecule has 7 nitrogen and oxygen atoms in total. The Morgan fingerprint density at radius 2 is 1.74 bits per heavy atom. The van der Waals surface area contributed by atoms with Gasteiger partial charge in [-0.1, -0.05) is 35.9 Å². The molecule has 1 fully saturated rings. The molecular formula is C20H24N6O. The van der Waals surface area contributed by atoms with Crippen molar-refractivity contribution in [3.8, 4) is 0 Å². The molecule has 0 aromatic heterocycles. The first-order valence-corrected chi connectivity index (χ1v) is 9.13. The number of guanidine groups is 2. The highest BCUT2D eigenvalue weighted by atomic mass is 16.5.